The van der Waals surface area contributed by atoms with Gasteiger partial charge in [0.1, 0.15) is 12.7 Å². The van der Waals surface area contributed by atoms with E-state index < -0.39 is 10.0 Å². The summed E-state index contributed by atoms with van der Waals surface area (Å²) in [6.07, 6.45) is 3.33. The molecule has 1 aromatic carbocycles. The lowest BCUT2D eigenvalue weighted by molar-refractivity contribution is -0.132. The summed E-state index contributed by atoms with van der Waals surface area (Å²) < 4.78 is 28.9. The van der Waals surface area contributed by atoms with Crippen LogP contribution < -0.4 is 0 Å². The van der Waals surface area contributed by atoms with Crippen LogP contribution in [-0.2, 0) is 21.4 Å². The second-order valence-corrected chi connectivity index (χ2v) is 8.37. The molecule has 26 heavy (non-hydrogen) atoms. The minimum absolute atomic E-state index is 0.00397. The number of nitrogens with zero attached hydrogens (tertiary/aromatic N) is 5. The van der Waals surface area contributed by atoms with Gasteiger partial charge in [-0.3, -0.25) is 9.48 Å². The number of amides is 1. The number of aromatic nitrogens is 3. The molecule has 140 valence electrons. The Bertz CT molecular complexity index is 872. The highest BCUT2D eigenvalue weighted by Crippen LogP contribution is 2.22. The van der Waals surface area contributed by atoms with Gasteiger partial charge in [-0.1, -0.05) is 12.1 Å². The second-order valence-electron chi connectivity index (χ2n) is 6.46. The van der Waals surface area contributed by atoms with Crippen LogP contribution in [0, 0.1) is 13.8 Å². The van der Waals surface area contributed by atoms with Crippen molar-refractivity contribution in [3.63, 3.8) is 0 Å². The third kappa shape index (κ3) is 3.94. The van der Waals surface area contributed by atoms with Gasteiger partial charge in [0.25, 0.3) is 0 Å². The molecule has 0 aliphatic carbocycles. The molecule has 0 saturated carbocycles. The van der Waals surface area contributed by atoms with Crippen molar-refractivity contribution in [3.05, 3.63) is 42.0 Å². The van der Waals surface area contributed by atoms with E-state index in [9.17, 15) is 13.2 Å². The Morgan fingerprint density at radius 3 is 2.54 bits per heavy atom. The Kier molecular flexibility index (Phi) is 5.38. The van der Waals surface area contributed by atoms with Crippen molar-refractivity contribution in [1.82, 2.24) is 24.0 Å². The largest absolute Gasteiger partial charge is 0.340 e. The van der Waals surface area contributed by atoms with Gasteiger partial charge in [0.2, 0.25) is 15.9 Å². The van der Waals surface area contributed by atoms with Crippen molar-refractivity contribution in [1.29, 1.82) is 0 Å². The minimum Gasteiger partial charge on any atom is -0.340 e. The Morgan fingerprint density at radius 1 is 1.15 bits per heavy atom. The van der Waals surface area contributed by atoms with Gasteiger partial charge in [-0.2, -0.15) is 9.40 Å². The lowest BCUT2D eigenvalue weighted by Crippen LogP contribution is -2.50. The van der Waals surface area contributed by atoms with Gasteiger partial charge in [0.15, 0.2) is 0 Å². The molecule has 0 radical (unpaired) electrons. The van der Waals surface area contributed by atoms with Crippen LogP contribution in [0.25, 0.3) is 0 Å². The lowest BCUT2D eigenvalue weighted by Gasteiger charge is -2.34. The van der Waals surface area contributed by atoms with Crippen LogP contribution in [0.15, 0.2) is 35.7 Å². The highest BCUT2D eigenvalue weighted by atomic mass is 32.2. The molecule has 2 aromatic rings. The van der Waals surface area contributed by atoms with E-state index in [0.29, 0.717) is 44.0 Å². The van der Waals surface area contributed by atoms with E-state index in [2.05, 4.69) is 10.1 Å². The molecule has 1 aliphatic heterocycles. The molecule has 0 unspecified atom stereocenters. The topological polar surface area (TPSA) is 88.4 Å². The van der Waals surface area contributed by atoms with Crippen molar-refractivity contribution < 1.29 is 13.2 Å². The molecule has 2 heterocycles. The van der Waals surface area contributed by atoms with E-state index in [0.717, 1.165) is 11.1 Å². The Morgan fingerprint density at radius 2 is 1.88 bits per heavy atom. The van der Waals surface area contributed by atoms with E-state index in [1.54, 1.807) is 28.9 Å². The van der Waals surface area contributed by atoms with E-state index in [1.807, 2.05) is 19.1 Å². The van der Waals surface area contributed by atoms with E-state index in [1.165, 1.54) is 10.6 Å². The van der Waals surface area contributed by atoms with Crippen LogP contribution in [0.5, 0.6) is 0 Å². The summed E-state index contributed by atoms with van der Waals surface area (Å²) in [5.41, 5.74) is 1.65. The third-order valence-electron chi connectivity index (χ3n) is 4.57. The molecule has 3 rings (SSSR count). The molecule has 0 atom stereocenters. The molecule has 1 aliphatic rings. The van der Waals surface area contributed by atoms with Crippen molar-refractivity contribution in [3.8, 4) is 0 Å². The average molecular weight is 377 g/mol. The van der Waals surface area contributed by atoms with Crippen LogP contribution in [0.1, 0.15) is 17.5 Å². The van der Waals surface area contributed by atoms with Crippen LogP contribution >= 0.6 is 0 Å². The number of hydrogen-bond donors (Lipinski definition) is 0. The summed E-state index contributed by atoms with van der Waals surface area (Å²) in [7, 11) is -3.54. The fourth-order valence-corrected chi connectivity index (χ4v) is 4.75. The van der Waals surface area contributed by atoms with Gasteiger partial charge in [-0.05, 0) is 31.0 Å². The summed E-state index contributed by atoms with van der Waals surface area (Å²) in [6, 6.07) is 5.44. The first-order chi connectivity index (χ1) is 12.4. The fourth-order valence-electron chi connectivity index (χ4n) is 3.02. The van der Waals surface area contributed by atoms with Crippen molar-refractivity contribution in [2.75, 3.05) is 26.2 Å². The number of hydrogen-bond acceptors (Lipinski definition) is 5. The molecule has 1 amide bonds. The molecule has 8 nitrogen and oxygen atoms in total. The maximum absolute atomic E-state index is 12.9. The van der Waals surface area contributed by atoms with Crippen molar-refractivity contribution in [2.24, 2.45) is 0 Å². The quantitative estimate of drug-likeness (QED) is 0.770. The van der Waals surface area contributed by atoms with Crippen molar-refractivity contribution >= 4 is 15.9 Å². The number of benzene rings is 1. The summed E-state index contributed by atoms with van der Waals surface area (Å²) in [5.74, 6) is 0.00397. The smallest absolute Gasteiger partial charge is 0.243 e. The molecular weight excluding hydrogens is 354 g/mol. The molecule has 0 bridgehead atoms. The van der Waals surface area contributed by atoms with E-state index in [-0.39, 0.29) is 5.91 Å². The summed E-state index contributed by atoms with van der Waals surface area (Å²) in [6.45, 7) is 5.58. The zero-order chi connectivity index (χ0) is 18.7. The molecule has 1 saturated heterocycles. The number of piperazine rings is 1. The molecule has 1 fully saturated rings. The summed E-state index contributed by atoms with van der Waals surface area (Å²) >= 11 is 0. The summed E-state index contributed by atoms with van der Waals surface area (Å²) in [5, 5.41) is 3.97. The Labute approximate surface area is 153 Å². The SMILES string of the molecule is Cc1ccc(C)c(S(=O)(=O)N2CCN(C(=O)CCn3cncn3)CC2)c1. The minimum atomic E-state index is -3.54. The van der Waals surface area contributed by atoms with Crippen LogP contribution in [0.4, 0.5) is 0 Å². The maximum Gasteiger partial charge on any atom is 0.243 e. The predicted octanol–water partition coefficient (Wildman–Crippen LogP) is 0.818. The highest BCUT2D eigenvalue weighted by Gasteiger charge is 2.30. The monoisotopic (exact) mass is 377 g/mol. The van der Waals surface area contributed by atoms with Gasteiger partial charge in [0.05, 0.1) is 11.4 Å². The van der Waals surface area contributed by atoms with Crippen LogP contribution in [0.3, 0.4) is 0 Å². The number of carbonyl (C=O) groups is 1. The Balaban J connectivity index is 1.60. The zero-order valence-corrected chi connectivity index (χ0v) is 15.8. The highest BCUT2D eigenvalue weighted by molar-refractivity contribution is 7.89. The van der Waals surface area contributed by atoms with Gasteiger partial charge >= 0.3 is 0 Å². The molecule has 0 spiro atoms. The number of carbonyl (C=O) groups excluding carboxylic acids is 1. The van der Waals surface area contributed by atoms with Gasteiger partial charge in [-0.15, -0.1) is 0 Å². The van der Waals surface area contributed by atoms with Crippen LogP contribution in [-0.4, -0.2) is 64.5 Å². The lowest BCUT2D eigenvalue weighted by atomic mass is 10.2. The van der Waals surface area contributed by atoms with Gasteiger partial charge in [-0.25, -0.2) is 13.4 Å². The molecular formula is C17H23N5O3S. The van der Waals surface area contributed by atoms with E-state index >= 15 is 0 Å². The van der Waals surface area contributed by atoms with Gasteiger partial charge in [0, 0.05) is 32.6 Å². The standard InChI is InChI=1S/C17H23N5O3S/c1-14-3-4-15(2)16(11-14)26(24,25)22-9-7-20(8-10-22)17(23)5-6-21-13-18-12-19-21/h3-4,11-13H,5-10H2,1-2H3. The average Bonchev–Trinajstić information content (AvgIpc) is 3.15. The second kappa shape index (κ2) is 7.55. The summed E-state index contributed by atoms with van der Waals surface area (Å²) in [4.78, 5) is 18.2. The normalized spacial score (nSPS) is 16.0. The van der Waals surface area contributed by atoms with E-state index in [4.69, 9.17) is 0 Å². The Hall–Kier alpha value is -2.26. The predicted molar refractivity (Wildman–Crippen MR) is 95.9 cm³/mol. The third-order valence-corrected chi connectivity index (χ3v) is 6.61. The molecule has 0 N–H and O–H groups in total. The maximum atomic E-state index is 12.9. The zero-order valence-electron chi connectivity index (χ0n) is 15.0. The number of sulfonamides is 1. The number of rotatable bonds is 5. The van der Waals surface area contributed by atoms with Crippen LogP contribution in [0.2, 0.25) is 0 Å². The molecule has 1 aromatic heterocycles. The number of aryl methyl sites for hydroxylation is 3. The first kappa shape index (κ1) is 18.5. The first-order valence-electron chi connectivity index (χ1n) is 8.55. The molecule has 9 heteroatoms. The first-order valence-corrected chi connectivity index (χ1v) is 9.99. The van der Waals surface area contributed by atoms with Crippen molar-refractivity contribution in [2.45, 2.75) is 31.7 Å². The van der Waals surface area contributed by atoms with Gasteiger partial charge < -0.3 is 4.90 Å². The fraction of sp³-hybridized carbons (Fsp3) is 0.471.